The molecule has 0 bridgehead atoms. The number of carbonyl (C=O) groups excluding carboxylic acids is 2. The van der Waals surface area contributed by atoms with Crippen molar-refractivity contribution in [3.05, 3.63) is 34.4 Å². The van der Waals surface area contributed by atoms with Crippen LogP contribution in [0.25, 0.3) is 0 Å². The van der Waals surface area contributed by atoms with Crippen molar-refractivity contribution in [1.29, 1.82) is 0 Å². The van der Waals surface area contributed by atoms with E-state index in [0.717, 1.165) is 38.8 Å². The highest BCUT2D eigenvalue weighted by atomic mass is 16.6. The number of benzene rings is 1. The molecule has 0 unspecified atom stereocenters. The molecule has 3 N–H and O–H groups in total. The number of urea groups is 1. The number of nitrogens with one attached hydrogen (secondary N) is 3. The maximum atomic E-state index is 12.2. The molecule has 3 amide bonds. The van der Waals surface area contributed by atoms with Gasteiger partial charge in [-0.2, -0.15) is 0 Å². The SMILES string of the molecule is O=C(CCN1CCC(NC(=O)NC2CCCCC2)CC1)Nc1ccc([N+](=O)[O-])cc1. The fraction of sp³-hybridized carbons (Fsp3) is 0.619. The lowest BCUT2D eigenvalue weighted by Gasteiger charge is -2.32. The Morgan fingerprint density at radius 3 is 2.17 bits per heavy atom. The van der Waals surface area contributed by atoms with Crippen LogP contribution in [0.4, 0.5) is 16.2 Å². The Hall–Kier alpha value is -2.68. The molecule has 1 aromatic rings. The molecule has 30 heavy (non-hydrogen) atoms. The molecule has 1 aliphatic carbocycles. The fourth-order valence-corrected chi connectivity index (χ4v) is 4.11. The molecule has 3 rings (SSSR count). The van der Waals surface area contributed by atoms with Gasteiger partial charge in [-0.3, -0.25) is 14.9 Å². The number of nitro groups is 1. The maximum Gasteiger partial charge on any atom is 0.315 e. The summed E-state index contributed by atoms with van der Waals surface area (Å²) in [5, 5.41) is 19.6. The summed E-state index contributed by atoms with van der Waals surface area (Å²) in [7, 11) is 0. The average Bonchev–Trinajstić information content (AvgIpc) is 2.74. The average molecular weight is 418 g/mol. The van der Waals surface area contributed by atoms with Crippen molar-refractivity contribution in [3.63, 3.8) is 0 Å². The predicted molar refractivity (Wildman–Crippen MR) is 114 cm³/mol. The molecule has 1 aliphatic heterocycles. The number of piperidine rings is 1. The summed E-state index contributed by atoms with van der Waals surface area (Å²) >= 11 is 0. The second-order valence-corrected chi connectivity index (χ2v) is 8.17. The standard InChI is InChI=1S/C21H31N5O4/c27-20(22-17-6-8-19(9-7-17)26(29)30)12-15-25-13-10-18(11-14-25)24-21(28)23-16-4-2-1-3-5-16/h6-9,16,18H,1-5,10-15H2,(H,22,27)(H2,23,24,28). The first-order chi connectivity index (χ1) is 14.5. The molecule has 0 radical (unpaired) electrons. The van der Waals surface area contributed by atoms with Crippen LogP contribution < -0.4 is 16.0 Å². The summed E-state index contributed by atoms with van der Waals surface area (Å²) in [6.45, 7) is 2.35. The van der Waals surface area contributed by atoms with Gasteiger partial charge in [0.1, 0.15) is 0 Å². The fourth-order valence-electron chi connectivity index (χ4n) is 4.11. The van der Waals surface area contributed by atoms with Crippen molar-refractivity contribution in [3.8, 4) is 0 Å². The monoisotopic (exact) mass is 417 g/mol. The summed E-state index contributed by atoms with van der Waals surface area (Å²) < 4.78 is 0. The molecule has 164 valence electrons. The molecule has 0 atom stereocenters. The van der Waals surface area contributed by atoms with Gasteiger partial charge in [0.25, 0.3) is 5.69 Å². The second-order valence-electron chi connectivity index (χ2n) is 8.17. The lowest BCUT2D eigenvalue weighted by atomic mass is 9.96. The molecule has 0 spiro atoms. The summed E-state index contributed by atoms with van der Waals surface area (Å²) in [6.07, 6.45) is 7.93. The van der Waals surface area contributed by atoms with Gasteiger partial charge in [-0.25, -0.2) is 4.79 Å². The lowest BCUT2D eigenvalue weighted by Crippen LogP contribution is -2.50. The minimum Gasteiger partial charge on any atom is -0.335 e. The van der Waals surface area contributed by atoms with Gasteiger partial charge in [0.05, 0.1) is 4.92 Å². The topological polar surface area (TPSA) is 117 Å². The molecule has 1 aromatic carbocycles. The Balaban J connectivity index is 1.31. The van der Waals surface area contributed by atoms with Crippen molar-refractivity contribution in [1.82, 2.24) is 15.5 Å². The maximum absolute atomic E-state index is 12.2. The van der Waals surface area contributed by atoms with Crippen molar-refractivity contribution in [2.75, 3.05) is 25.0 Å². The Labute approximate surface area is 176 Å². The number of hydrogen-bond acceptors (Lipinski definition) is 5. The number of carbonyl (C=O) groups is 2. The number of likely N-dealkylation sites (tertiary alicyclic amines) is 1. The van der Waals surface area contributed by atoms with E-state index >= 15 is 0 Å². The molecule has 9 heteroatoms. The summed E-state index contributed by atoms with van der Waals surface area (Å²) in [5.41, 5.74) is 0.550. The molecule has 9 nitrogen and oxygen atoms in total. The van der Waals surface area contributed by atoms with E-state index in [-0.39, 0.29) is 23.7 Å². The Kier molecular flexibility index (Phi) is 8.01. The van der Waals surface area contributed by atoms with E-state index in [0.29, 0.717) is 24.7 Å². The van der Waals surface area contributed by atoms with Gasteiger partial charge in [-0.1, -0.05) is 19.3 Å². The van der Waals surface area contributed by atoms with Gasteiger partial charge in [0, 0.05) is 56.0 Å². The highest BCUT2D eigenvalue weighted by Gasteiger charge is 2.22. The Morgan fingerprint density at radius 1 is 0.967 bits per heavy atom. The largest absolute Gasteiger partial charge is 0.335 e. The van der Waals surface area contributed by atoms with Crippen molar-refractivity contribution in [2.45, 2.75) is 63.5 Å². The number of amides is 3. The third-order valence-electron chi connectivity index (χ3n) is 5.88. The Morgan fingerprint density at radius 2 is 1.57 bits per heavy atom. The van der Waals surface area contributed by atoms with E-state index in [9.17, 15) is 19.7 Å². The van der Waals surface area contributed by atoms with Crippen LogP contribution in [-0.2, 0) is 4.79 Å². The van der Waals surface area contributed by atoms with Gasteiger partial charge in [-0.15, -0.1) is 0 Å². The number of nitrogens with zero attached hydrogens (tertiary/aromatic N) is 2. The van der Waals surface area contributed by atoms with Crippen LogP contribution in [0.1, 0.15) is 51.4 Å². The zero-order chi connectivity index (χ0) is 21.3. The normalized spacial score (nSPS) is 18.5. The minimum atomic E-state index is -0.469. The van der Waals surface area contributed by atoms with Crippen LogP contribution in [-0.4, -0.2) is 53.5 Å². The quantitative estimate of drug-likeness (QED) is 0.466. The van der Waals surface area contributed by atoms with E-state index in [1.807, 2.05) is 0 Å². The molecule has 2 aliphatic rings. The number of hydrogen-bond donors (Lipinski definition) is 3. The van der Waals surface area contributed by atoms with Gasteiger partial charge in [0.2, 0.25) is 5.91 Å². The zero-order valence-corrected chi connectivity index (χ0v) is 17.3. The third kappa shape index (κ3) is 6.98. The molecule has 1 saturated heterocycles. The third-order valence-corrected chi connectivity index (χ3v) is 5.88. The molecule has 2 fully saturated rings. The number of rotatable bonds is 7. The van der Waals surface area contributed by atoms with Crippen LogP contribution >= 0.6 is 0 Å². The molecule has 1 saturated carbocycles. The van der Waals surface area contributed by atoms with Gasteiger partial charge in [-0.05, 0) is 37.8 Å². The Bertz CT molecular complexity index is 725. The summed E-state index contributed by atoms with van der Waals surface area (Å²) in [5.74, 6) is -0.115. The smallest absolute Gasteiger partial charge is 0.315 e. The van der Waals surface area contributed by atoms with E-state index < -0.39 is 4.92 Å². The van der Waals surface area contributed by atoms with Crippen LogP contribution in [0, 0.1) is 10.1 Å². The van der Waals surface area contributed by atoms with Crippen LogP contribution in [0.3, 0.4) is 0 Å². The van der Waals surface area contributed by atoms with E-state index in [1.54, 1.807) is 0 Å². The molecular weight excluding hydrogens is 386 g/mol. The second kappa shape index (κ2) is 10.9. The predicted octanol–water partition coefficient (Wildman–Crippen LogP) is 3.02. The van der Waals surface area contributed by atoms with Crippen molar-refractivity contribution in [2.24, 2.45) is 0 Å². The first kappa shape index (κ1) is 22.0. The van der Waals surface area contributed by atoms with Gasteiger partial charge >= 0.3 is 6.03 Å². The van der Waals surface area contributed by atoms with E-state index in [4.69, 9.17) is 0 Å². The first-order valence-corrected chi connectivity index (χ1v) is 10.8. The number of anilines is 1. The highest BCUT2D eigenvalue weighted by molar-refractivity contribution is 5.90. The lowest BCUT2D eigenvalue weighted by molar-refractivity contribution is -0.384. The van der Waals surface area contributed by atoms with Gasteiger partial charge in [0.15, 0.2) is 0 Å². The van der Waals surface area contributed by atoms with Crippen molar-refractivity contribution >= 4 is 23.3 Å². The zero-order valence-electron chi connectivity index (χ0n) is 17.3. The van der Waals surface area contributed by atoms with Gasteiger partial charge < -0.3 is 20.9 Å². The van der Waals surface area contributed by atoms with Crippen LogP contribution in [0.15, 0.2) is 24.3 Å². The molecular formula is C21H31N5O4. The number of non-ortho nitro benzene ring substituents is 1. The molecule has 1 heterocycles. The minimum absolute atomic E-state index is 0.00287. The number of nitro benzene ring substituents is 1. The van der Waals surface area contributed by atoms with Crippen LogP contribution in [0.2, 0.25) is 0 Å². The van der Waals surface area contributed by atoms with Crippen LogP contribution in [0.5, 0.6) is 0 Å². The van der Waals surface area contributed by atoms with E-state index in [1.165, 1.54) is 43.5 Å². The molecule has 0 aromatic heterocycles. The first-order valence-electron chi connectivity index (χ1n) is 10.8. The summed E-state index contributed by atoms with van der Waals surface area (Å²) in [6, 6.07) is 6.25. The van der Waals surface area contributed by atoms with E-state index in [2.05, 4.69) is 20.9 Å². The van der Waals surface area contributed by atoms with Crippen molar-refractivity contribution < 1.29 is 14.5 Å². The summed E-state index contributed by atoms with van der Waals surface area (Å²) in [4.78, 5) is 36.7. The highest BCUT2D eigenvalue weighted by Crippen LogP contribution is 2.18.